The summed E-state index contributed by atoms with van der Waals surface area (Å²) >= 11 is 0. The first kappa shape index (κ1) is 24.5. The number of esters is 1. The molecule has 0 N–H and O–H groups in total. The molecule has 0 aliphatic heterocycles. The highest BCUT2D eigenvalue weighted by Gasteiger charge is 2.36. The summed E-state index contributed by atoms with van der Waals surface area (Å²) in [5.41, 5.74) is 0. The van der Waals surface area contributed by atoms with Crippen molar-refractivity contribution in [2.45, 2.75) is 58.7 Å². The van der Waals surface area contributed by atoms with Crippen LogP contribution in [0.25, 0.3) is 0 Å². The monoisotopic (exact) mass is 378 g/mol. The number of hydrogen-bond donors (Lipinski definition) is 0. The Labute approximate surface area is 154 Å². The topological polar surface area (TPSA) is 63.2 Å². The van der Waals surface area contributed by atoms with Gasteiger partial charge < -0.3 is 23.4 Å². The van der Waals surface area contributed by atoms with Gasteiger partial charge in [0.25, 0.3) is 0 Å². The van der Waals surface area contributed by atoms with Gasteiger partial charge in [0.2, 0.25) is 0 Å². The summed E-state index contributed by atoms with van der Waals surface area (Å²) in [6.45, 7) is 17.1. The highest BCUT2D eigenvalue weighted by atomic mass is 28.4. The SMILES string of the molecule is CCCC(=O)OCCOCCOCCOCCO[Si](C)(C)C(C)(C)C. The van der Waals surface area contributed by atoms with Crippen LogP contribution in [-0.2, 0) is 28.2 Å². The lowest BCUT2D eigenvalue weighted by atomic mass is 10.2. The van der Waals surface area contributed by atoms with Crippen LogP contribution in [0, 0.1) is 0 Å². The predicted octanol–water partition coefficient (Wildman–Crippen LogP) is 3.40. The van der Waals surface area contributed by atoms with Gasteiger partial charge in [-0.3, -0.25) is 4.79 Å². The zero-order valence-electron chi connectivity index (χ0n) is 17.0. The lowest BCUT2D eigenvalue weighted by Gasteiger charge is -2.36. The second kappa shape index (κ2) is 13.7. The van der Waals surface area contributed by atoms with Crippen molar-refractivity contribution >= 4 is 14.3 Å². The van der Waals surface area contributed by atoms with Gasteiger partial charge in [-0.15, -0.1) is 0 Å². The highest BCUT2D eigenvalue weighted by Crippen LogP contribution is 2.36. The first-order valence-electron chi connectivity index (χ1n) is 9.23. The number of carbonyl (C=O) groups excluding carboxylic acids is 1. The number of carbonyl (C=O) groups is 1. The van der Waals surface area contributed by atoms with Gasteiger partial charge >= 0.3 is 5.97 Å². The van der Waals surface area contributed by atoms with Gasteiger partial charge in [-0.2, -0.15) is 0 Å². The van der Waals surface area contributed by atoms with Crippen LogP contribution in [0.2, 0.25) is 18.1 Å². The second-order valence-electron chi connectivity index (χ2n) is 7.42. The molecule has 0 aromatic rings. The third kappa shape index (κ3) is 13.4. The molecular formula is C18H38O6Si. The third-order valence-electron chi connectivity index (χ3n) is 4.19. The summed E-state index contributed by atoms with van der Waals surface area (Å²) < 4.78 is 27.2. The Morgan fingerprint density at radius 2 is 1.24 bits per heavy atom. The Morgan fingerprint density at radius 3 is 1.68 bits per heavy atom. The maximum atomic E-state index is 11.1. The van der Waals surface area contributed by atoms with E-state index in [-0.39, 0.29) is 11.0 Å². The van der Waals surface area contributed by atoms with Crippen molar-refractivity contribution in [3.8, 4) is 0 Å². The fraction of sp³-hybridized carbons (Fsp3) is 0.944. The summed E-state index contributed by atoms with van der Waals surface area (Å²) in [6.07, 6.45) is 1.27. The van der Waals surface area contributed by atoms with Gasteiger partial charge in [0.15, 0.2) is 8.32 Å². The molecule has 6 nitrogen and oxygen atoms in total. The lowest BCUT2D eigenvalue weighted by Crippen LogP contribution is -2.41. The molecule has 0 bridgehead atoms. The first-order chi connectivity index (χ1) is 11.7. The average Bonchev–Trinajstić information content (AvgIpc) is 2.51. The molecule has 0 aromatic heterocycles. The third-order valence-corrected chi connectivity index (χ3v) is 8.72. The van der Waals surface area contributed by atoms with Crippen molar-refractivity contribution in [1.29, 1.82) is 0 Å². The van der Waals surface area contributed by atoms with Crippen LogP contribution >= 0.6 is 0 Å². The summed E-state index contributed by atoms with van der Waals surface area (Å²) in [6, 6.07) is 0. The Kier molecular flexibility index (Phi) is 13.4. The lowest BCUT2D eigenvalue weighted by molar-refractivity contribution is -0.145. The minimum absolute atomic E-state index is 0.169. The van der Waals surface area contributed by atoms with E-state index < -0.39 is 8.32 Å². The minimum atomic E-state index is -1.67. The predicted molar refractivity (Wildman–Crippen MR) is 101 cm³/mol. The smallest absolute Gasteiger partial charge is 0.305 e. The van der Waals surface area contributed by atoms with Crippen LogP contribution in [0.3, 0.4) is 0 Å². The van der Waals surface area contributed by atoms with Crippen molar-refractivity contribution in [1.82, 2.24) is 0 Å². The summed E-state index contributed by atoms with van der Waals surface area (Å²) in [5.74, 6) is -0.169. The molecule has 0 heterocycles. The maximum absolute atomic E-state index is 11.1. The zero-order valence-corrected chi connectivity index (χ0v) is 18.0. The normalized spacial score (nSPS) is 12.4. The van der Waals surface area contributed by atoms with Crippen LogP contribution in [0.5, 0.6) is 0 Å². The molecule has 0 aliphatic carbocycles. The van der Waals surface area contributed by atoms with Crippen LogP contribution in [0.1, 0.15) is 40.5 Å². The van der Waals surface area contributed by atoms with Crippen LogP contribution in [0.15, 0.2) is 0 Å². The standard InChI is InChI=1S/C18H38O6Si/c1-7-8-17(19)23-15-13-21-11-9-20-10-12-22-14-16-24-25(5,6)18(2,3)4/h7-16H2,1-6H3. The summed E-state index contributed by atoms with van der Waals surface area (Å²) in [4.78, 5) is 11.1. The van der Waals surface area contributed by atoms with Crippen LogP contribution in [-0.4, -0.2) is 67.1 Å². The summed E-state index contributed by atoms with van der Waals surface area (Å²) in [7, 11) is -1.67. The van der Waals surface area contributed by atoms with Crippen molar-refractivity contribution in [2.75, 3.05) is 52.9 Å². The van der Waals surface area contributed by atoms with E-state index in [1.54, 1.807) is 0 Å². The Morgan fingerprint density at radius 1 is 0.800 bits per heavy atom. The van der Waals surface area contributed by atoms with Crippen LogP contribution < -0.4 is 0 Å². The van der Waals surface area contributed by atoms with Crippen molar-refractivity contribution in [2.24, 2.45) is 0 Å². The quantitative estimate of drug-likeness (QED) is 0.247. The van der Waals surface area contributed by atoms with Gasteiger partial charge in [-0.25, -0.2) is 0 Å². The first-order valence-corrected chi connectivity index (χ1v) is 12.1. The van der Waals surface area contributed by atoms with E-state index in [0.29, 0.717) is 59.3 Å². The average molecular weight is 379 g/mol. The van der Waals surface area contributed by atoms with E-state index in [9.17, 15) is 4.79 Å². The van der Waals surface area contributed by atoms with Gasteiger partial charge in [0, 0.05) is 6.42 Å². The van der Waals surface area contributed by atoms with Crippen molar-refractivity contribution in [3.63, 3.8) is 0 Å². The van der Waals surface area contributed by atoms with E-state index in [1.165, 1.54) is 0 Å². The zero-order chi connectivity index (χ0) is 19.2. The fourth-order valence-corrected chi connectivity index (χ4v) is 2.63. The van der Waals surface area contributed by atoms with E-state index in [1.807, 2.05) is 6.92 Å². The molecule has 0 rings (SSSR count). The fourth-order valence-electron chi connectivity index (χ4n) is 1.60. The number of rotatable bonds is 15. The Balaban J connectivity index is 3.31. The van der Waals surface area contributed by atoms with Crippen LogP contribution in [0.4, 0.5) is 0 Å². The Bertz CT molecular complexity index is 341. The van der Waals surface area contributed by atoms with Gasteiger partial charge in [-0.05, 0) is 24.6 Å². The number of hydrogen-bond acceptors (Lipinski definition) is 6. The van der Waals surface area contributed by atoms with E-state index in [0.717, 1.165) is 6.42 Å². The molecule has 0 unspecified atom stereocenters. The molecule has 0 saturated carbocycles. The Hall–Kier alpha value is -0.473. The molecule has 7 heteroatoms. The van der Waals surface area contributed by atoms with Crippen molar-refractivity contribution < 1.29 is 28.2 Å². The molecule has 0 spiro atoms. The van der Waals surface area contributed by atoms with E-state index >= 15 is 0 Å². The second-order valence-corrected chi connectivity index (χ2v) is 12.2. The van der Waals surface area contributed by atoms with Crippen molar-refractivity contribution in [3.05, 3.63) is 0 Å². The van der Waals surface area contributed by atoms with E-state index in [4.69, 9.17) is 23.4 Å². The molecule has 0 radical (unpaired) electrons. The minimum Gasteiger partial charge on any atom is -0.463 e. The molecule has 25 heavy (non-hydrogen) atoms. The molecule has 0 amide bonds. The largest absolute Gasteiger partial charge is 0.463 e. The van der Waals surface area contributed by atoms with Gasteiger partial charge in [0.05, 0.1) is 46.2 Å². The highest BCUT2D eigenvalue weighted by molar-refractivity contribution is 6.74. The molecule has 0 aromatic carbocycles. The molecule has 150 valence electrons. The maximum Gasteiger partial charge on any atom is 0.305 e. The molecule has 0 atom stereocenters. The molecular weight excluding hydrogens is 340 g/mol. The van der Waals surface area contributed by atoms with E-state index in [2.05, 4.69) is 33.9 Å². The van der Waals surface area contributed by atoms with Gasteiger partial charge in [-0.1, -0.05) is 27.7 Å². The molecule has 0 saturated heterocycles. The van der Waals surface area contributed by atoms with Gasteiger partial charge in [0.1, 0.15) is 6.61 Å². The number of ether oxygens (including phenoxy) is 4. The molecule has 0 fully saturated rings. The molecule has 0 aliphatic rings. The summed E-state index contributed by atoms with van der Waals surface area (Å²) in [5, 5.41) is 0.227.